The predicted octanol–water partition coefficient (Wildman–Crippen LogP) is 5.70. The number of carboxylic acid groups (broad SMARTS) is 1. The smallest absolute Gasteiger partial charge is 0.335 e. The van der Waals surface area contributed by atoms with Gasteiger partial charge >= 0.3 is 5.97 Å². The second-order valence-electron chi connectivity index (χ2n) is 9.23. The summed E-state index contributed by atoms with van der Waals surface area (Å²) in [5.41, 5.74) is 3.67. The normalized spacial score (nSPS) is 16.4. The molecule has 0 radical (unpaired) electrons. The molecule has 1 heterocycles. The van der Waals surface area contributed by atoms with Gasteiger partial charge in [0, 0.05) is 11.4 Å². The van der Waals surface area contributed by atoms with E-state index in [1.807, 2.05) is 13.0 Å². The molecule has 33 heavy (non-hydrogen) atoms. The van der Waals surface area contributed by atoms with Crippen LogP contribution in [0.4, 0.5) is 5.69 Å². The van der Waals surface area contributed by atoms with E-state index in [4.69, 9.17) is 10.1 Å². The van der Waals surface area contributed by atoms with Crippen molar-refractivity contribution < 1.29 is 14.7 Å². The molecule has 0 fully saturated rings. The number of aryl methyl sites for hydroxylation is 1. The molecule has 1 aromatic heterocycles. The van der Waals surface area contributed by atoms with Crippen molar-refractivity contribution in [3.05, 3.63) is 52.7 Å². The molecule has 1 aliphatic carbocycles. The van der Waals surface area contributed by atoms with Crippen LogP contribution < -0.4 is 5.32 Å². The molecule has 2 atom stereocenters. The molecule has 0 bridgehead atoms. The van der Waals surface area contributed by atoms with Crippen LogP contribution in [-0.2, 0) is 17.6 Å². The molecule has 1 aromatic carbocycles. The topological polar surface area (TPSA) is 103 Å². The number of amides is 1. The van der Waals surface area contributed by atoms with Crippen LogP contribution in [0.5, 0.6) is 0 Å². The van der Waals surface area contributed by atoms with Gasteiger partial charge in [-0.15, -0.1) is 0 Å². The summed E-state index contributed by atoms with van der Waals surface area (Å²) in [4.78, 5) is 28.7. The number of rotatable bonds is 8. The number of benzene rings is 1. The first kappa shape index (κ1) is 24.8. The Hall–Kier alpha value is -2.85. The number of nitrogens with one attached hydrogen (secondary N) is 1. The Morgan fingerprint density at radius 1 is 1.30 bits per heavy atom. The maximum Gasteiger partial charge on any atom is 0.335 e. The standard InChI is InChI=1S/C26H31N3O3S/c1-5-22(23(30)28-20-10-7-16(8-11-20)25(31)32)33-24-18(15-27)13-17-14-19(26(3,4)6-2)9-12-21(17)29-24/h7-8,10-11,13,19,22H,5-6,9,12,14H2,1-4H3,(H,28,30)(H,31,32). The molecule has 2 unspecified atom stereocenters. The average Bonchev–Trinajstić information content (AvgIpc) is 2.81. The summed E-state index contributed by atoms with van der Waals surface area (Å²) in [6, 6.07) is 10.3. The van der Waals surface area contributed by atoms with E-state index in [1.54, 1.807) is 12.1 Å². The lowest BCUT2D eigenvalue weighted by molar-refractivity contribution is -0.115. The third-order valence-electron chi connectivity index (χ3n) is 6.81. The first-order valence-corrected chi connectivity index (χ1v) is 12.3. The van der Waals surface area contributed by atoms with Gasteiger partial charge in [0.15, 0.2) is 0 Å². The lowest BCUT2D eigenvalue weighted by Gasteiger charge is -2.37. The van der Waals surface area contributed by atoms with E-state index in [0.29, 0.717) is 28.6 Å². The number of thioether (sulfide) groups is 1. The quantitative estimate of drug-likeness (QED) is 0.485. The third-order valence-corrected chi connectivity index (χ3v) is 8.17. The van der Waals surface area contributed by atoms with Crippen molar-refractivity contribution in [1.29, 1.82) is 5.26 Å². The lowest BCUT2D eigenvalue weighted by atomic mass is 9.69. The van der Waals surface area contributed by atoms with E-state index in [2.05, 4.69) is 32.2 Å². The SMILES string of the molecule is CCC(Sc1nc2c(cc1C#N)CC(C(C)(C)CC)CC2)C(=O)Nc1ccc(C(=O)O)cc1. The number of nitriles is 1. The second kappa shape index (κ2) is 10.4. The zero-order valence-electron chi connectivity index (χ0n) is 19.6. The number of fused-ring (bicyclic) bond motifs is 1. The highest BCUT2D eigenvalue weighted by Gasteiger charge is 2.32. The monoisotopic (exact) mass is 465 g/mol. The van der Waals surface area contributed by atoms with E-state index in [-0.39, 0.29) is 16.9 Å². The van der Waals surface area contributed by atoms with Gasteiger partial charge < -0.3 is 10.4 Å². The summed E-state index contributed by atoms with van der Waals surface area (Å²) in [7, 11) is 0. The second-order valence-corrected chi connectivity index (χ2v) is 10.4. The molecule has 1 aliphatic rings. The summed E-state index contributed by atoms with van der Waals surface area (Å²) in [6.07, 6.45) is 4.60. The van der Waals surface area contributed by atoms with Crippen molar-refractivity contribution in [3.63, 3.8) is 0 Å². The largest absolute Gasteiger partial charge is 0.478 e. The number of nitrogens with zero attached hydrogens (tertiary/aromatic N) is 2. The Kier molecular flexibility index (Phi) is 7.80. The highest BCUT2D eigenvalue weighted by Crippen LogP contribution is 2.40. The summed E-state index contributed by atoms with van der Waals surface area (Å²) in [6.45, 7) is 8.77. The molecular formula is C26H31N3O3S. The average molecular weight is 466 g/mol. The van der Waals surface area contributed by atoms with Crippen LogP contribution in [0, 0.1) is 22.7 Å². The Labute approximate surface area is 199 Å². The Bertz CT molecular complexity index is 1070. The van der Waals surface area contributed by atoms with Gasteiger partial charge in [-0.2, -0.15) is 5.26 Å². The van der Waals surface area contributed by atoms with E-state index in [1.165, 1.54) is 23.9 Å². The number of anilines is 1. The van der Waals surface area contributed by atoms with Crippen LogP contribution in [-0.4, -0.2) is 27.2 Å². The van der Waals surface area contributed by atoms with Gasteiger partial charge in [-0.05, 0) is 72.9 Å². The van der Waals surface area contributed by atoms with Crippen LogP contribution in [0.25, 0.3) is 0 Å². The van der Waals surface area contributed by atoms with Crippen molar-refractivity contribution in [2.24, 2.45) is 11.3 Å². The molecule has 1 amide bonds. The predicted molar refractivity (Wildman–Crippen MR) is 131 cm³/mol. The van der Waals surface area contributed by atoms with Crippen molar-refractivity contribution in [2.45, 2.75) is 70.1 Å². The molecule has 0 saturated carbocycles. The van der Waals surface area contributed by atoms with Crippen LogP contribution in [0.15, 0.2) is 35.4 Å². The van der Waals surface area contributed by atoms with Crippen LogP contribution in [0.3, 0.4) is 0 Å². The van der Waals surface area contributed by atoms with E-state index >= 15 is 0 Å². The minimum Gasteiger partial charge on any atom is -0.478 e. The summed E-state index contributed by atoms with van der Waals surface area (Å²) >= 11 is 1.32. The van der Waals surface area contributed by atoms with E-state index in [0.717, 1.165) is 36.9 Å². The first-order chi connectivity index (χ1) is 15.7. The molecule has 0 saturated heterocycles. The van der Waals surface area contributed by atoms with Gasteiger partial charge in [-0.3, -0.25) is 4.79 Å². The van der Waals surface area contributed by atoms with Gasteiger partial charge in [0.1, 0.15) is 11.1 Å². The number of carboxylic acids is 1. The molecule has 174 valence electrons. The van der Waals surface area contributed by atoms with Crippen molar-refractivity contribution in [1.82, 2.24) is 4.98 Å². The summed E-state index contributed by atoms with van der Waals surface area (Å²) in [5, 5.41) is 21.8. The molecule has 7 heteroatoms. The Morgan fingerprint density at radius 3 is 2.58 bits per heavy atom. The Morgan fingerprint density at radius 2 is 2.00 bits per heavy atom. The lowest BCUT2D eigenvalue weighted by Crippen LogP contribution is -2.29. The van der Waals surface area contributed by atoms with Gasteiger partial charge in [0.25, 0.3) is 0 Å². The minimum absolute atomic E-state index is 0.163. The number of aromatic carboxylic acids is 1. The van der Waals surface area contributed by atoms with Crippen molar-refractivity contribution in [3.8, 4) is 6.07 Å². The fraction of sp³-hybridized carbons (Fsp3) is 0.462. The van der Waals surface area contributed by atoms with Gasteiger partial charge in [0.05, 0.1) is 16.4 Å². The molecule has 6 nitrogen and oxygen atoms in total. The zero-order valence-corrected chi connectivity index (χ0v) is 20.5. The van der Waals surface area contributed by atoms with Crippen molar-refractivity contribution in [2.75, 3.05) is 5.32 Å². The molecule has 2 N–H and O–H groups in total. The summed E-state index contributed by atoms with van der Waals surface area (Å²) in [5.74, 6) is -0.635. The number of carbonyl (C=O) groups excluding carboxylic acids is 1. The van der Waals surface area contributed by atoms with E-state index < -0.39 is 11.2 Å². The molecular weight excluding hydrogens is 434 g/mol. The number of aromatic nitrogens is 1. The van der Waals surface area contributed by atoms with Crippen LogP contribution in [0.1, 0.15) is 74.1 Å². The number of carbonyl (C=O) groups is 2. The van der Waals surface area contributed by atoms with Gasteiger partial charge in [0.2, 0.25) is 5.91 Å². The number of pyridine rings is 1. The summed E-state index contributed by atoms with van der Waals surface area (Å²) < 4.78 is 0. The first-order valence-electron chi connectivity index (χ1n) is 11.4. The number of hydrogen-bond donors (Lipinski definition) is 2. The molecule has 0 spiro atoms. The highest BCUT2D eigenvalue weighted by molar-refractivity contribution is 8.00. The van der Waals surface area contributed by atoms with Crippen LogP contribution >= 0.6 is 11.8 Å². The molecule has 0 aliphatic heterocycles. The maximum absolute atomic E-state index is 12.9. The molecule has 3 rings (SSSR count). The third kappa shape index (κ3) is 5.75. The van der Waals surface area contributed by atoms with E-state index in [9.17, 15) is 14.9 Å². The van der Waals surface area contributed by atoms with Crippen LogP contribution in [0.2, 0.25) is 0 Å². The zero-order chi connectivity index (χ0) is 24.2. The fourth-order valence-electron chi connectivity index (χ4n) is 4.15. The van der Waals surface area contributed by atoms with Gasteiger partial charge in [-0.1, -0.05) is 45.9 Å². The minimum atomic E-state index is -1.01. The van der Waals surface area contributed by atoms with Crippen molar-refractivity contribution >= 4 is 29.3 Å². The highest BCUT2D eigenvalue weighted by atomic mass is 32.2. The Balaban J connectivity index is 1.76. The fourth-order valence-corrected chi connectivity index (χ4v) is 5.14. The number of hydrogen-bond acceptors (Lipinski definition) is 5. The van der Waals surface area contributed by atoms with Gasteiger partial charge in [-0.25, -0.2) is 9.78 Å². The maximum atomic E-state index is 12.9. The molecule has 2 aromatic rings.